The summed E-state index contributed by atoms with van der Waals surface area (Å²) in [5.74, 6) is -0.663. The fraction of sp³-hybridized carbons (Fsp3) is 0.294. The average molecular weight is 351 g/mol. The molecule has 23 heavy (non-hydrogen) atoms. The van der Waals surface area contributed by atoms with Crippen molar-refractivity contribution >= 4 is 39.8 Å². The Balaban J connectivity index is 2.09. The predicted octanol–water partition coefficient (Wildman–Crippen LogP) is 3.94. The van der Waals surface area contributed by atoms with E-state index in [4.69, 9.17) is 17.3 Å². The van der Waals surface area contributed by atoms with E-state index in [0.717, 1.165) is 16.0 Å². The fourth-order valence-electron chi connectivity index (χ4n) is 2.49. The molecule has 122 valence electrons. The Bertz CT molecular complexity index is 740. The van der Waals surface area contributed by atoms with Crippen LogP contribution in [0.25, 0.3) is 0 Å². The largest absolute Gasteiger partial charge is 0.365 e. The summed E-state index contributed by atoms with van der Waals surface area (Å²) < 4.78 is 0. The highest BCUT2D eigenvalue weighted by Gasteiger charge is 2.20. The molecule has 0 fully saturated rings. The van der Waals surface area contributed by atoms with Gasteiger partial charge < -0.3 is 11.1 Å². The third-order valence-electron chi connectivity index (χ3n) is 3.64. The maximum atomic E-state index is 12.2. The second kappa shape index (κ2) is 7.62. The van der Waals surface area contributed by atoms with Gasteiger partial charge in [-0.2, -0.15) is 0 Å². The first kappa shape index (κ1) is 17.5. The smallest absolute Gasteiger partial charge is 0.251 e. The SMILES string of the molecule is CCc1c(C)sc(NC(=O)CCc2ccccc2Cl)c1C(N)=O. The highest BCUT2D eigenvalue weighted by Crippen LogP contribution is 2.33. The van der Waals surface area contributed by atoms with Gasteiger partial charge in [0, 0.05) is 16.3 Å². The lowest BCUT2D eigenvalue weighted by molar-refractivity contribution is -0.116. The van der Waals surface area contributed by atoms with Gasteiger partial charge in [0.2, 0.25) is 5.91 Å². The zero-order valence-corrected chi connectivity index (χ0v) is 14.7. The number of hydrogen-bond acceptors (Lipinski definition) is 3. The number of carbonyl (C=O) groups is 2. The molecule has 1 heterocycles. The minimum Gasteiger partial charge on any atom is -0.365 e. The van der Waals surface area contributed by atoms with Crippen LogP contribution in [0.3, 0.4) is 0 Å². The van der Waals surface area contributed by atoms with Crippen molar-refractivity contribution in [1.29, 1.82) is 0 Å². The van der Waals surface area contributed by atoms with Gasteiger partial charge in [0.1, 0.15) is 5.00 Å². The van der Waals surface area contributed by atoms with Crippen molar-refractivity contribution in [2.75, 3.05) is 5.32 Å². The van der Waals surface area contributed by atoms with E-state index in [1.807, 2.05) is 32.0 Å². The number of nitrogens with one attached hydrogen (secondary N) is 1. The number of rotatable bonds is 6. The number of primary amides is 1. The van der Waals surface area contributed by atoms with Gasteiger partial charge in [0.15, 0.2) is 0 Å². The van der Waals surface area contributed by atoms with E-state index in [1.165, 1.54) is 11.3 Å². The molecule has 6 heteroatoms. The molecule has 0 unspecified atom stereocenters. The highest BCUT2D eigenvalue weighted by molar-refractivity contribution is 7.16. The summed E-state index contributed by atoms with van der Waals surface area (Å²) in [5, 5.41) is 4.00. The Morgan fingerprint density at radius 1 is 1.30 bits per heavy atom. The van der Waals surface area contributed by atoms with E-state index < -0.39 is 5.91 Å². The van der Waals surface area contributed by atoms with Gasteiger partial charge in [-0.05, 0) is 37.0 Å². The maximum Gasteiger partial charge on any atom is 0.251 e. The van der Waals surface area contributed by atoms with Gasteiger partial charge in [-0.3, -0.25) is 9.59 Å². The lowest BCUT2D eigenvalue weighted by Gasteiger charge is -2.07. The van der Waals surface area contributed by atoms with E-state index >= 15 is 0 Å². The summed E-state index contributed by atoms with van der Waals surface area (Å²) in [6.07, 6.45) is 1.54. The standard InChI is InChI=1S/C17H19ClN2O2S/c1-3-12-10(2)23-17(15(12)16(19)22)20-14(21)9-8-11-6-4-5-7-13(11)18/h4-7H,3,8-9H2,1-2H3,(H2,19,22)(H,20,21). The highest BCUT2D eigenvalue weighted by atomic mass is 35.5. The van der Waals surface area contributed by atoms with E-state index in [9.17, 15) is 9.59 Å². The molecule has 0 atom stereocenters. The van der Waals surface area contributed by atoms with Crippen molar-refractivity contribution in [3.63, 3.8) is 0 Å². The van der Waals surface area contributed by atoms with Crippen LogP contribution in [-0.2, 0) is 17.6 Å². The third-order valence-corrected chi connectivity index (χ3v) is 5.07. The van der Waals surface area contributed by atoms with Crippen LogP contribution in [0.2, 0.25) is 5.02 Å². The summed E-state index contributed by atoms with van der Waals surface area (Å²) in [5.41, 5.74) is 7.73. The molecule has 0 radical (unpaired) electrons. The van der Waals surface area contributed by atoms with E-state index in [1.54, 1.807) is 6.07 Å². The molecule has 1 aromatic heterocycles. The molecule has 0 bridgehead atoms. The maximum absolute atomic E-state index is 12.2. The molecule has 2 aromatic rings. The molecule has 0 spiro atoms. The van der Waals surface area contributed by atoms with Crippen molar-refractivity contribution in [3.05, 3.63) is 50.9 Å². The number of anilines is 1. The molecular formula is C17H19ClN2O2S. The number of thiophene rings is 1. The molecular weight excluding hydrogens is 332 g/mol. The zero-order chi connectivity index (χ0) is 17.0. The van der Waals surface area contributed by atoms with Gasteiger partial charge >= 0.3 is 0 Å². The van der Waals surface area contributed by atoms with E-state index in [-0.39, 0.29) is 5.91 Å². The van der Waals surface area contributed by atoms with E-state index in [0.29, 0.717) is 34.8 Å². The van der Waals surface area contributed by atoms with Crippen LogP contribution < -0.4 is 11.1 Å². The lowest BCUT2D eigenvalue weighted by atomic mass is 10.1. The number of benzene rings is 1. The predicted molar refractivity (Wildman–Crippen MR) is 95.4 cm³/mol. The molecule has 0 aliphatic carbocycles. The monoisotopic (exact) mass is 350 g/mol. The minimum atomic E-state index is -0.507. The number of halogens is 1. The number of hydrogen-bond donors (Lipinski definition) is 2. The number of nitrogens with two attached hydrogens (primary N) is 1. The van der Waals surface area contributed by atoms with Crippen molar-refractivity contribution in [3.8, 4) is 0 Å². The third kappa shape index (κ3) is 4.12. The number of carbonyl (C=O) groups excluding carboxylic acids is 2. The van der Waals surface area contributed by atoms with Gasteiger partial charge in [0.05, 0.1) is 5.56 Å². The van der Waals surface area contributed by atoms with Crippen molar-refractivity contribution < 1.29 is 9.59 Å². The molecule has 1 aromatic carbocycles. The van der Waals surface area contributed by atoms with Crippen LogP contribution >= 0.6 is 22.9 Å². The van der Waals surface area contributed by atoms with Crippen molar-refractivity contribution in [2.24, 2.45) is 5.73 Å². The summed E-state index contributed by atoms with van der Waals surface area (Å²) >= 11 is 7.47. The Labute approximate surface area is 144 Å². The first-order valence-corrected chi connectivity index (χ1v) is 8.58. The van der Waals surface area contributed by atoms with Crippen molar-refractivity contribution in [2.45, 2.75) is 33.1 Å². The lowest BCUT2D eigenvalue weighted by Crippen LogP contribution is -2.18. The van der Waals surface area contributed by atoms with Crippen LogP contribution in [0.1, 0.15) is 39.7 Å². The molecule has 0 aliphatic rings. The number of aryl methyl sites for hydroxylation is 2. The normalized spacial score (nSPS) is 10.6. The Morgan fingerprint density at radius 2 is 2.00 bits per heavy atom. The van der Waals surface area contributed by atoms with Crippen molar-refractivity contribution in [1.82, 2.24) is 0 Å². The average Bonchev–Trinajstić information content (AvgIpc) is 2.81. The molecule has 0 aliphatic heterocycles. The first-order chi connectivity index (χ1) is 10.9. The van der Waals surface area contributed by atoms with Gasteiger partial charge in [-0.15, -0.1) is 11.3 Å². The summed E-state index contributed by atoms with van der Waals surface area (Å²) in [4.78, 5) is 24.9. The Hall–Kier alpha value is -1.85. The van der Waals surface area contributed by atoms with Gasteiger partial charge in [0.25, 0.3) is 5.91 Å². The minimum absolute atomic E-state index is 0.156. The second-order valence-corrected chi connectivity index (χ2v) is 6.83. The topological polar surface area (TPSA) is 72.2 Å². The molecule has 2 rings (SSSR count). The Morgan fingerprint density at radius 3 is 2.61 bits per heavy atom. The summed E-state index contributed by atoms with van der Waals surface area (Å²) in [7, 11) is 0. The van der Waals surface area contributed by atoms with E-state index in [2.05, 4.69) is 5.32 Å². The molecule has 4 nitrogen and oxygen atoms in total. The van der Waals surface area contributed by atoms with Crippen LogP contribution in [0.4, 0.5) is 5.00 Å². The van der Waals surface area contributed by atoms with Crippen LogP contribution in [-0.4, -0.2) is 11.8 Å². The zero-order valence-electron chi connectivity index (χ0n) is 13.1. The number of amides is 2. The fourth-order valence-corrected chi connectivity index (χ4v) is 3.89. The molecule has 3 N–H and O–H groups in total. The van der Waals surface area contributed by atoms with Crippen LogP contribution in [0.5, 0.6) is 0 Å². The first-order valence-electron chi connectivity index (χ1n) is 7.39. The Kier molecular flexibility index (Phi) is 5.80. The molecule has 0 saturated carbocycles. The van der Waals surface area contributed by atoms with Gasteiger partial charge in [-0.1, -0.05) is 36.7 Å². The quantitative estimate of drug-likeness (QED) is 0.828. The second-order valence-electron chi connectivity index (χ2n) is 5.20. The summed E-state index contributed by atoms with van der Waals surface area (Å²) in [6, 6.07) is 7.44. The van der Waals surface area contributed by atoms with Crippen LogP contribution in [0.15, 0.2) is 24.3 Å². The molecule has 0 saturated heterocycles. The van der Waals surface area contributed by atoms with Gasteiger partial charge in [-0.25, -0.2) is 0 Å². The molecule has 2 amide bonds. The summed E-state index contributed by atoms with van der Waals surface area (Å²) in [6.45, 7) is 3.89. The van der Waals surface area contributed by atoms with Crippen LogP contribution in [0, 0.1) is 6.92 Å².